The highest BCUT2D eigenvalue weighted by atomic mass is 35.5. The van der Waals surface area contributed by atoms with E-state index >= 15 is 0 Å². The number of anilines is 1. The van der Waals surface area contributed by atoms with Crippen LogP contribution >= 0.6 is 35.4 Å². The molecule has 32 heavy (non-hydrogen) atoms. The smallest absolute Gasteiger partial charge is 0.226 e. The van der Waals surface area contributed by atoms with Gasteiger partial charge in [0, 0.05) is 17.1 Å². The first-order chi connectivity index (χ1) is 15.5. The van der Waals surface area contributed by atoms with Gasteiger partial charge < -0.3 is 15.4 Å². The van der Waals surface area contributed by atoms with Crippen LogP contribution in [-0.4, -0.2) is 17.6 Å². The molecule has 164 valence electrons. The molecular weight excluding hydrogens is 467 g/mol. The van der Waals surface area contributed by atoms with E-state index < -0.39 is 0 Å². The summed E-state index contributed by atoms with van der Waals surface area (Å²) in [5.41, 5.74) is 2.21. The van der Waals surface area contributed by atoms with Crippen LogP contribution in [0.3, 0.4) is 0 Å². The van der Waals surface area contributed by atoms with Crippen LogP contribution in [0.25, 0.3) is 0 Å². The number of rotatable bonds is 8. The molecule has 0 heterocycles. The molecule has 0 fully saturated rings. The third-order valence-electron chi connectivity index (χ3n) is 4.11. The van der Waals surface area contributed by atoms with Gasteiger partial charge in [-0.2, -0.15) is 10.2 Å². The van der Waals surface area contributed by atoms with Gasteiger partial charge in [-0.1, -0.05) is 41.4 Å². The lowest BCUT2D eigenvalue weighted by atomic mass is 10.3. The number of halogens is 2. The Balaban J connectivity index is 1.38. The number of hydrogen-bond acceptors (Lipinski definition) is 5. The summed E-state index contributed by atoms with van der Waals surface area (Å²) in [4.78, 5) is 12.1. The lowest BCUT2D eigenvalue weighted by Gasteiger charge is -2.10. The first-order valence-corrected chi connectivity index (χ1v) is 10.9. The van der Waals surface area contributed by atoms with E-state index in [1.54, 1.807) is 30.3 Å². The number of amides is 1. The quantitative estimate of drug-likeness (QED) is 0.202. The summed E-state index contributed by atoms with van der Waals surface area (Å²) in [6.07, 6.45) is 0.764. The van der Waals surface area contributed by atoms with Crippen molar-refractivity contribution >= 4 is 63.5 Å². The maximum atomic E-state index is 12.1. The highest BCUT2D eigenvalue weighted by molar-refractivity contribution is 7.80. The van der Waals surface area contributed by atoms with Crippen molar-refractivity contribution in [3.8, 4) is 5.75 Å². The summed E-state index contributed by atoms with van der Waals surface area (Å²) in [5.74, 6) is 0.321. The fourth-order valence-corrected chi connectivity index (χ4v) is 3.27. The Bertz CT molecular complexity index is 1090. The average Bonchev–Trinajstić information content (AvgIpc) is 2.78. The Morgan fingerprint density at radius 2 is 1.62 bits per heavy atom. The summed E-state index contributed by atoms with van der Waals surface area (Å²) in [6, 6.07) is 21.7. The number of nitrogens with one attached hydrogen (secondary N) is 2. The van der Waals surface area contributed by atoms with Gasteiger partial charge in [-0.25, -0.2) is 0 Å². The Morgan fingerprint density at radius 3 is 2.31 bits per heavy atom. The molecule has 0 unspecified atom stereocenters. The Kier molecular flexibility index (Phi) is 8.98. The van der Waals surface area contributed by atoms with E-state index in [0.29, 0.717) is 34.5 Å². The van der Waals surface area contributed by atoms with Crippen LogP contribution < -0.4 is 15.4 Å². The minimum atomic E-state index is -0.207. The van der Waals surface area contributed by atoms with Gasteiger partial charge >= 0.3 is 0 Å². The number of carbonyl (C=O) groups excluding carboxylic acids is 1. The van der Waals surface area contributed by atoms with Crippen LogP contribution in [0, 0.1) is 0 Å². The molecule has 0 aliphatic heterocycles. The fourth-order valence-electron chi connectivity index (χ4n) is 2.58. The van der Waals surface area contributed by atoms with E-state index in [1.807, 2.05) is 42.5 Å². The molecule has 0 aliphatic carbocycles. The first kappa shape index (κ1) is 23.7. The molecule has 0 aliphatic rings. The molecule has 1 amide bonds. The molecule has 9 heteroatoms. The summed E-state index contributed by atoms with van der Waals surface area (Å²) in [6.45, 7) is 0.341. The maximum absolute atomic E-state index is 12.1. The van der Waals surface area contributed by atoms with E-state index in [1.165, 1.54) is 0 Å². The van der Waals surface area contributed by atoms with Crippen LogP contribution in [-0.2, 0) is 4.79 Å². The highest BCUT2D eigenvalue weighted by Crippen LogP contribution is 2.27. The number of hydrogen-bond donors (Lipinski definition) is 2. The standard InChI is InChI=1S/C23H20Cl2N4O2S/c24-16-8-13-21(20(25)15-16)31-14-4-7-22(30)27-23(32)26-17-9-11-19(12-10-17)29-28-18-5-2-1-3-6-18/h1-3,5-6,8-13,15H,4,7,14H2,(H2,26,27,30,32). The highest BCUT2D eigenvalue weighted by Gasteiger charge is 2.07. The minimum absolute atomic E-state index is 0.207. The topological polar surface area (TPSA) is 75.1 Å². The number of benzene rings is 3. The number of azo groups is 1. The third kappa shape index (κ3) is 7.92. The van der Waals surface area contributed by atoms with Crippen molar-refractivity contribution < 1.29 is 9.53 Å². The summed E-state index contributed by atoms with van der Waals surface area (Å²) >= 11 is 17.1. The van der Waals surface area contributed by atoms with Crippen molar-refractivity contribution in [2.45, 2.75) is 12.8 Å². The SMILES string of the molecule is O=C(CCCOc1ccc(Cl)cc1Cl)NC(=S)Nc1ccc(N=Nc2ccccc2)cc1. The number of carbonyl (C=O) groups is 1. The second-order valence-electron chi connectivity index (χ2n) is 6.61. The summed E-state index contributed by atoms with van der Waals surface area (Å²) < 4.78 is 5.57. The molecular formula is C23H20Cl2N4O2S. The van der Waals surface area contributed by atoms with Crippen LogP contribution in [0.15, 0.2) is 83.0 Å². The Labute approximate surface area is 201 Å². The van der Waals surface area contributed by atoms with Crippen LogP contribution in [0.2, 0.25) is 10.0 Å². The van der Waals surface area contributed by atoms with Crippen LogP contribution in [0.5, 0.6) is 5.75 Å². The predicted octanol–water partition coefficient (Wildman–Crippen LogP) is 7.08. The Hall–Kier alpha value is -3.00. The summed E-state index contributed by atoms with van der Waals surface area (Å²) in [5, 5.41) is 15.2. The molecule has 6 nitrogen and oxygen atoms in total. The molecule has 2 N–H and O–H groups in total. The summed E-state index contributed by atoms with van der Waals surface area (Å²) in [7, 11) is 0. The molecule has 3 rings (SSSR count). The predicted molar refractivity (Wildman–Crippen MR) is 133 cm³/mol. The zero-order valence-corrected chi connectivity index (χ0v) is 19.3. The van der Waals surface area contributed by atoms with Crippen molar-refractivity contribution in [3.63, 3.8) is 0 Å². The maximum Gasteiger partial charge on any atom is 0.226 e. The van der Waals surface area contributed by atoms with Gasteiger partial charge in [0.05, 0.1) is 23.0 Å². The van der Waals surface area contributed by atoms with Gasteiger partial charge in [-0.05, 0) is 73.2 Å². The minimum Gasteiger partial charge on any atom is -0.492 e. The van der Waals surface area contributed by atoms with Crippen LogP contribution in [0.4, 0.5) is 17.1 Å². The van der Waals surface area contributed by atoms with E-state index in [2.05, 4.69) is 20.9 Å². The van der Waals surface area contributed by atoms with Gasteiger partial charge in [0.15, 0.2) is 5.11 Å². The molecule has 0 radical (unpaired) electrons. The zero-order chi connectivity index (χ0) is 22.8. The number of thiocarbonyl (C=S) groups is 1. The van der Waals surface area contributed by atoms with Gasteiger partial charge in [0.2, 0.25) is 5.91 Å². The molecule has 0 atom stereocenters. The lowest BCUT2D eigenvalue weighted by Crippen LogP contribution is -2.34. The largest absolute Gasteiger partial charge is 0.492 e. The molecule has 0 aromatic heterocycles. The normalized spacial score (nSPS) is 10.7. The number of ether oxygens (including phenoxy) is 1. The van der Waals surface area contributed by atoms with E-state index in [4.69, 9.17) is 40.2 Å². The van der Waals surface area contributed by atoms with Crippen LogP contribution in [0.1, 0.15) is 12.8 Å². The zero-order valence-electron chi connectivity index (χ0n) is 16.9. The molecule has 3 aromatic carbocycles. The average molecular weight is 487 g/mol. The van der Waals surface area contributed by atoms with Crippen molar-refractivity contribution in [2.24, 2.45) is 10.2 Å². The monoisotopic (exact) mass is 486 g/mol. The lowest BCUT2D eigenvalue weighted by molar-refractivity contribution is -0.119. The fraction of sp³-hybridized carbons (Fsp3) is 0.130. The first-order valence-electron chi connectivity index (χ1n) is 9.75. The van der Waals surface area contributed by atoms with Crippen molar-refractivity contribution in [1.82, 2.24) is 5.32 Å². The van der Waals surface area contributed by atoms with E-state index in [9.17, 15) is 4.79 Å². The number of nitrogens with zero attached hydrogens (tertiary/aromatic N) is 2. The molecule has 0 saturated heterocycles. The van der Waals surface area contributed by atoms with Gasteiger partial charge in [0.1, 0.15) is 5.75 Å². The van der Waals surface area contributed by atoms with E-state index in [0.717, 1.165) is 11.4 Å². The molecule has 0 bridgehead atoms. The van der Waals surface area contributed by atoms with Crippen molar-refractivity contribution in [1.29, 1.82) is 0 Å². The van der Waals surface area contributed by atoms with Gasteiger partial charge in [-0.3, -0.25) is 4.79 Å². The molecule has 0 spiro atoms. The van der Waals surface area contributed by atoms with Gasteiger partial charge in [0.25, 0.3) is 0 Å². The van der Waals surface area contributed by atoms with Crippen molar-refractivity contribution in [2.75, 3.05) is 11.9 Å². The second kappa shape index (κ2) is 12.1. The van der Waals surface area contributed by atoms with Crippen molar-refractivity contribution in [3.05, 3.63) is 82.8 Å². The second-order valence-corrected chi connectivity index (χ2v) is 7.86. The molecule has 3 aromatic rings. The van der Waals surface area contributed by atoms with Gasteiger partial charge in [-0.15, -0.1) is 0 Å². The van der Waals surface area contributed by atoms with E-state index in [-0.39, 0.29) is 17.4 Å². The molecule has 0 saturated carbocycles. The third-order valence-corrected chi connectivity index (χ3v) is 4.85. The Morgan fingerprint density at radius 1 is 0.938 bits per heavy atom.